The Hall–Kier alpha value is -2.18. The molecule has 0 amide bonds. The van der Waals surface area contributed by atoms with E-state index < -0.39 is 23.6 Å². The molecule has 7 heteroatoms. The number of oxazole rings is 1. The number of carboxylic acids is 2. The zero-order valence-electron chi connectivity index (χ0n) is 9.54. The average Bonchev–Trinajstić information content (AvgIpc) is 2.80. The number of ketones is 1. The van der Waals surface area contributed by atoms with Crippen LogP contribution in [0.5, 0.6) is 0 Å². The van der Waals surface area contributed by atoms with Gasteiger partial charge < -0.3 is 14.6 Å². The molecule has 0 spiro atoms. The van der Waals surface area contributed by atoms with Gasteiger partial charge in [0, 0.05) is 6.42 Å². The summed E-state index contributed by atoms with van der Waals surface area (Å²) in [5, 5.41) is 17.4. The van der Waals surface area contributed by atoms with Crippen LogP contribution in [0.3, 0.4) is 0 Å². The Morgan fingerprint density at radius 1 is 1.28 bits per heavy atom. The van der Waals surface area contributed by atoms with Gasteiger partial charge in [0.2, 0.25) is 5.78 Å². The van der Waals surface area contributed by atoms with Crippen molar-refractivity contribution in [1.82, 2.24) is 4.98 Å². The lowest BCUT2D eigenvalue weighted by Crippen LogP contribution is -2.23. The number of hydrogen-bond acceptors (Lipinski definition) is 5. The van der Waals surface area contributed by atoms with Crippen LogP contribution in [0, 0.1) is 5.92 Å². The monoisotopic (exact) mass is 255 g/mol. The summed E-state index contributed by atoms with van der Waals surface area (Å²) in [5.74, 6) is -4.14. The minimum absolute atomic E-state index is 0.0389. The molecule has 0 aliphatic rings. The lowest BCUT2D eigenvalue weighted by Gasteiger charge is -2.08. The van der Waals surface area contributed by atoms with E-state index in [1.165, 1.54) is 0 Å². The molecule has 0 radical (unpaired) electrons. The van der Waals surface area contributed by atoms with Crippen molar-refractivity contribution in [1.29, 1.82) is 0 Å². The molecule has 2 N–H and O–H groups in total. The molecule has 18 heavy (non-hydrogen) atoms. The highest BCUT2D eigenvalue weighted by molar-refractivity contribution is 6.06. The zero-order valence-corrected chi connectivity index (χ0v) is 9.54. The first-order valence-electron chi connectivity index (χ1n) is 5.39. The maximum Gasteiger partial charge on any atom is 0.314 e. The van der Waals surface area contributed by atoms with Crippen molar-refractivity contribution in [3.8, 4) is 0 Å². The van der Waals surface area contributed by atoms with Crippen molar-refractivity contribution in [2.75, 3.05) is 0 Å². The molecule has 0 bridgehead atoms. The summed E-state index contributed by atoms with van der Waals surface area (Å²) in [6.45, 7) is 0. The van der Waals surface area contributed by atoms with Gasteiger partial charge in [-0.05, 0) is 12.8 Å². The van der Waals surface area contributed by atoms with E-state index >= 15 is 0 Å². The summed E-state index contributed by atoms with van der Waals surface area (Å²) in [6.07, 6.45) is 2.95. The molecule has 1 heterocycles. The van der Waals surface area contributed by atoms with Crippen LogP contribution in [-0.2, 0) is 9.59 Å². The maximum absolute atomic E-state index is 11.7. The molecule has 0 aliphatic heterocycles. The summed E-state index contributed by atoms with van der Waals surface area (Å²) in [6, 6.07) is 0. The summed E-state index contributed by atoms with van der Waals surface area (Å²) in [5.41, 5.74) is 0. The largest absolute Gasteiger partial charge is 0.481 e. The zero-order chi connectivity index (χ0) is 13.5. The third-order valence-electron chi connectivity index (χ3n) is 2.42. The Balaban J connectivity index is 2.53. The lowest BCUT2D eigenvalue weighted by molar-refractivity contribution is -0.140. The molecular weight excluding hydrogens is 242 g/mol. The number of aliphatic carboxylic acids is 2. The van der Waals surface area contributed by atoms with Crippen LogP contribution >= 0.6 is 0 Å². The molecule has 1 aromatic heterocycles. The Kier molecular flexibility index (Phi) is 5.04. The van der Waals surface area contributed by atoms with Crippen LogP contribution in [0.15, 0.2) is 17.0 Å². The Morgan fingerprint density at radius 3 is 2.50 bits per heavy atom. The van der Waals surface area contributed by atoms with Crippen LogP contribution in [0.2, 0.25) is 0 Å². The van der Waals surface area contributed by atoms with E-state index in [0.29, 0.717) is 12.8 Å². The molecule has 7 nitrogen and oxygen atoms in total. The summed E-state index contributed by atoms with van der Waals surface area (Å²) in [7, 11) is 0. The lowest BCUT2D eigenvalue weighted by atomic mass is 9.95. The number of carbonyl (C=O) groups excluding carboxylic acids is 1. The third kappa shape index (κ3) is 4.00. The van der Waals surface area contributed by atoms with E-state index in [1.807, 2.05) is 0 Å². The van der Waals surface area contributed by atoms with Crippen molar-refractivity contribution < 1.29 is 29.0 Å². The predicted octanol–water partition coefficient (Wildman–Crippen LogP) is 1.20. The predicted molar refractivity (Wildman–Crippen MR) is 58.1 cm³/mol. The van der Waals surface area contributed by atoms with Gasteiger partial charge in [-0.15, -0.1) is 0 Å². The van der Waals surface area contributed by atoms with Crippen molar-refractivity contribution in [3.05, 3.63) is 18.4 Å². The van der Waals surface area contributed by atoms with E-state index in [-0.39, 0.29) is 18.6 Å². The van der Waals surface area contributed by atoms with Gasteiger partial charge >= 0.3 is 11.9 Å². The van der Waals surface area contributed by atoms with Gasteiger partial charge in [0.05, 0.1) is 6.20 Å². The van der Waals surface area contributed by atoms with Crippen LogP contribution in [0.4, 0.5) is 0 Å². The molecule has 1 atom stereocenters. The molecule has 0 aliphatic carbocycles. The number of carboxylic acid groups (broad SMARTS) is 2. The Labute approximate surface area is 102 Å². The topological polar surface area (TPSA) is 118 Å². The fourth-order valence-corrected chi connectivity index (χ4v) is 1.50. The van der Waals surface area contributed by atoms with E-state index in [1.54, 1.807) is 0 Å². The second-order valence-electron chi connectivity index (χ2n) is 3.76. The Bertz CT molecular complexity index is 425. The minimum atomic E-state index is -1.24. The number of rotatable bonds is 8. The summed E-state index contributed by atoms with van der Waals surface area (Å²) < 4.78 is 4.75. The van der Waals surface area contributed by atoms with Gasteiger partial charge in [-0.3, -0.25) is 14.4 Å². The highest BCUT2D eigenvalue weighted by atomic mass is 16.4. The number of unbranched alkanes of at least 4 members (excludes halogenated alkanes) is 1. The summed E-state index contributed by atoms with van der Waals surface area (Å²) in [4.78, 5) is 36.5. The quantitative estimate of drug-likeness (QED) is 0.407. The molecule has 0 fully saturated rings. The normalized spacial score (nSPS) is 12.0. The van der Waals surface area contributed by atoms with Gasteiger partial charge in [-0.2, -0.15) is 0 Å². The van der Waals surface area contributed by atoms with E-state index in [9.17, 15) is 14.4 Å². The second-order valence-corrected chi connectivity index (χ2v) is 3.76. The summed E-state index contributed by atoms with van der Waals surface area (Å²) >= 11 is 0. The van der Waals surface area contributed by atoms with Crippen LogP contribution in [-0.4, -0.2) is 32.9 Å². The number of aromatic nitrogens is 1. The molecule has 1 rings (SSSR count). The maximum atomic E-state index is 11.7. The van der Waals surface area contributed by atoms with Crippen LogP contribution in [0.25, 0.3) is 0 Å². The number of carbonyl (C=O) groups is 3. The smallest absolute Gasteiger partial charge is 0.314 e. The third-order valence-corrected chi connectivity index (χ3v) is 2.42. The van der Waals surface area contributed by atoms with Crippen molar-refractivity contribution >= 4 is 17.7 Å². The van der Waals surface area contributed by atoms with Crippen molar-refractivity contribution in [3.63, 3.8) is 0 Å². The molecule has 1 aromatic rings. The number of hydrogen-bond donors (Lipinski definition) is 2. The van der Waals surface area contributed by atoms with Gasteiger partial charge in [-0.25, -0.2) is 4.98 Å². The number of nitrogens with zero attached hydrogens (tertiary/aromatic N) is 1. The van der Waals surface area contributed by atoms with E-state index in [0.717, 1.165) is 12.6 Å². The minimum Gasteiger partial charge on any atom is -0.481 e. The van der Waals surface area contributed by atoms with Gasteiger partial charge in [0.1, 0.15) is 5.92 Å². The first-order chi connectivity index (χ1) is 8.52. The number of Topliss-reactive ketones (excluding diaryl/α,β-unsaturated/α-hetero) is 1. The second kappa shape index (κ2) is 6.53. The Morgan fingerprint density at radius 2 is 2.00 bits per heavy atom. The molecular formula is C11H13NO6. The van der Waals surface area contributed by atoms with Crippen LogP contribution in [0.1, 0.15) is 36.2 Å². The molecule has 0 saturated heterocycles. The first kappa shape index (κ1) is 13.9. The van der Waals surface area contributed by atoms with Crippen molar-refractivity contribution in [2.24, 2.45) is 5.92 Å². The van der Waals surface area contributed by atoms with Gasteiger partial charge in [-0.1, -0.05) is 6.42 Å². The van der Waals surface area contributed by atoms with Crippen LogP contribution < -0.4 is 0 Å². The van der Waals surface area contributed by atoms with E-state index in [2.05, 4.69) is 4.98 Å². The molecule has 98 valence electrons. The molecule has 0 saturated carbocycles. The van der Waals surface area contributed by atoms with Gasteiger partial charge in [0.25, 0.3) is 0 Å². The standard InChI is InChI=1S/C11H13NO6/c13-9(14)4-2-1-3-7(11(16)17)10(15)8-5-12-6-18-8/h5-7H,1-4H2,(H,13,14)(H,16,17). The molecule has 0 aromatic carbocycles. The SMILES string of the molecule is O=C(O)CCCCC(C(=O)O)C(=O)c1cnco1. The average molecular weight is 255 g/mol. The fourth-order valence-electron chi connectivity index (χ4n) is 1.50. The van der Waals surface area contributed by atoms with Crippen molar-refractivity contribution in [2.45, 2.75) is 25.7 Å². The highest BCUT2D eigenvalue weighted by Crippen LogP contribution is 2.16. The molecule has 1 unspecified atom stereocenters. The first-order valence-corrected chi connectivity index (χ1v) is 5.39. The highest BCUT2D eigenvalue weighted by Gasteiger charge is 2.28. The fraction of sp³-hybridized carbons (Fsp3) is 0.455. The van der Waals surface area contributed by atoms with E-state index in [4.69, 9.17) is 14.6 Å². The van der Waals surface area contributed by atoms with Gasteiger partial charge in [0.15, 0.2) is 12.2 Å².